The highest BCUT2D eigenvalue weighted by molar-refractivity contribution is 7.89. The van der Waals surface area contributed by atoms with Gasteiger partial charge in [0.15, 0.2) is 0 Å². The van der Waals surface area contributed by atoms with Gasteiger partial charge < -0.3 is 14.0 Å². The van der Waals surface area contributed by atoms with Gasteiger partial charge in [-0.2, -0.15) is 0 Å². The second kappa shape index (κ2) is 8.18. The van der Waals surface area contributed by atoms with Crippen molar-refractivity contribution in [2.24, 2.45) is 0 Å². The van der Waals surface area contributed by atoms with Gasteiger partial charge in [0.1, 0.15) is 10.2 Å². The van der Waals surface area contributed by atoms with Crippen molar-refractivity contribution in [2.75, 3.05) is 20.3 Å². The van der Waals surface area contributed by atoms with Gasteiger partial charge in [-0.15, -0.1) is 0 Å². The molecule has 0 aliphatic heterocycles. The molecule has 0 fully saturated rings. The number of pyridine rings is 1. The summed E-state index contributed by atoms with van der Waals surface area (Å²) in [7, 11) is -6.76. The van der Waals surface area contributed by atoms with Gasteiger partial charge in [0.2, 0.25) is 0 Å². The number of hydrogen-bond donors (Lipinski definition) is 2. The zero-order valence-electron chi connectivity index (χ0n) is 14.2. The summed E-state index contributed by atoms with van der Waals surface area (Å²) in [5, 5.41) is -0.0672. The lowest BCUT2D eigenvalue weighted by Crippen LogP contribution is -2.29. The number of aromatic amines is 1. The Balaban J connectivity index is 2.74. The van der Waals surface area contributed by atoms with Crippen molar-refractivity contribution in [3.8, 4) is 0 Å². The third-order valence-electron chi connectivity index (χ3n) is 3.25. The molecule has 144 valence electrons. The molecular formula is C14H18ClN2O7PS. The molecule has 1 heterocycles. The SMILES string of the molecule is CCOP(=O)(OCC)c1cc2cc(S(=O)(=O)NOC)c(Cl)cc2[nH]c1=O. The predicted molar refractivity (Wildman–Crippen MR) is 97.4 cm³/mol. The third kappa shape index (κ3) is 4.17. The van der Waals surface area contributed by atoms with E-state index in [1.165, 1.54) is 18.2 Å². The van der Waals surface area contributed by atoms with Gasteiger partial charge in [0, 0.05) is 10.9 Å². The van der Waals surface area contributed by atoms with Crippen molar-refractivity contribution in [3.05, 3.63) is 33.6 Å². The van der Waals surface area contributed by atoms with Crippen LogP contribution in [0.15, 0.2) is 27.9 Å². The number of fused-ring (bicyclic) bond motifs is 1. The Hall–Kier alpha value is -1.26. The lowest BCUT2D eigenvalue weighted by Gasteiger charge is -2.17. The minimum Gasteiger partial charge on any atom is -0.321 e. The van der Waals surface area contributed by atoms with Crippen LogP contribution in [0.3, 0.4) is 0 Å². The summed E-state index contributed by atoms with van der Waals surface area (Å²) >= 11 is 6.00. The van der Waals surface area contributed by atoms with Crippen LogP contribution in [-0.4, -0.2) is 33.7 Å². The van der Waals surface area contributed by atoms with Crippen molar-refractivity contribution in [3.63, 3.8) is 0 Å². The van der Waals surface area contributed by atoms with E-state index in [1.54, 1.807) is 13.8 Å². The number of benzene rings is 1. The minimum absolute atomic E-state index is 0.0623. The first-order valence-corrected chi connectivity index (χ1v) is 10.9. The molecule has 0 amide bonds. The molecule has 26 heavy (non-hydrogen) atoms. The smallest absolute Gasteiger partial charge is 0.321 e. The van der Waals surface area contributed by atoms with Gasteiger partial charge in [0.25, 0.3) is 15.6 Å². The topological polar surface area (TPSA) is 124 Å². The second-order valence-corrected chi connectivity index (χ2v) is 8.99. The summed E-state index contributed by atoms with van der Waals surface area (Å²) in [5.41, 5.74) is -0.413. The standard InChI is InChI=1S/C14H18ClN2O7PS/c1-4-23-25(19,24-5-2)12-6-9-7-13(26(20,21)17-22-3)10(15)8-11(9)16-14(12)18/h6-8,17H,4-5H2,1-3H3,(H,16,18). The summed E-state index contributed by atoms with van der Waals surface area (Å²) in [5.74, 6) is 0. The highest BCUT2D eigenvalue weighted by Crippen LogP contribution is 2.46. The largest absolute Gasteiger partial charge is 0.366 e. The Morgan fingerprint density at radius 1 is 1.19 bits per heavy atom. The molecule has 2 rings (SSSR count). The van der Waals surface area contributed by atoms with Crippen LogP contribution in [0.1, 0.15) is 13.8 Å². The molecule has 2 aromatic rings. The van der Waals surface area contributed by atoms with E-state index in [0.717, 1.165) is 7.11 Å². The summed E-state index contributed by atoms with van der Waals surface area (Å²) in [6.07, 6.45) is 0. The molecule has 0 radical (unpaired) electrons. The van der Waals surface area contributed by atoms with Crippen LogP contribution in [-0.2, 0) is 28.5 Å². The summed E-state index contributed by atoms with van der Waals surface area (Å²) in [4.78, 5) is 20.9. The van der Waals surface area contributed by atoms with E-state index in [4.69, 9.17) is 20.6 Å². The van der Waals surface area contributed by atoms with Gasteiger partial charge in [0.05, 0.1) is 25.3 Å². The molecule has 0 atom stereocenters. The molecular weight excluding hydrogens is 407 g/mol. The molecule has 0 aliphatic carbocycles. The normalized spacial score (nSPS) is 12.6. The molecule has 1 aromatic carbocycles. The summed E-state index contributed by atoms with van der Waals surface area (Å²) in [6, 6.07) is 3.77. The molecule has 0 aliphatic rings. The van der Waals surface area contributed by atoms with Crippen LogP contribution >= 0.6 is 19.2 Å². The van der Waals surface area contributed by atoms with Gasteiger partial charge in [-0.05, 0) is 32.0 Å². The van der Waals surface area contributed by atoms with E-state index < -0.39 is 23.2 Å². The van der Waals surface area contributed by atoms with Crippen molar-refractivity contribution in [1.82, 2.24) is 9.87 Å². The molecule has 0 bridgehead atoms. The highest BCUT2D eigenvalue weighted by Gasteiger charge is 2.31. The molecule has 0 saturated heterocycles. The van der Waals surface area contributed by atoms with Crippen LogP contribution < -0.4 is 15.7 Å². The summed E-state index contributed by atoms with van der Waals surface area (Å²) in [6.45, 7) is 3.35. The Kier molecular flexibility index (Phi) is 6.62. The van der Waals surface area contributed by atoms with E-state index in [-0.39, 0.29) is 39.3 Å². The van der Waals surface area contributed by atoms with Crippen molar-refractivity contribution in [2.45, 2.75) is 18.7 Å². The van der Waals surface area contributed by atoms with E-state index in [0.29, 0.717) is 0 Å². The monoisotopic (exact) mass is 424 g/mol. The predicted octanol–water partition coefficient (Wildman–Crippen LogP) is 1.91. The molecule has 12 heteroatoms. The molecule has 0 spiro atoms. The molecule has 2 N–H and O–H groups in total. The fourth-order valence-corrected chi connectivity index (χ4v) is 5.29. The Labute approximate surface area is 155 Å². The fourth-order valence-electron chi connectivity index (χ4n) is 2.28. The quantitative estimate of drug-likeness (QED) is 0.490. The van der Waals surface area contributed by atoms with Crippen molar-refractivity contribution < 1.29 is 26.9 Å². The maximum atomic E-state index is 12.9. The van der Waals surface area contributed by atoms with Gasteiger partial charge >= 0.3 is 7.60 Å². The average Bonchev–Trinajstić information content (AvgIpc) is 2.53. The van der Waals surface area contributed by atoms with Crippen molar-refractivity contribution in [1.29, 1.82) is 0 Å². The van der Waals surface area contributed by atoms with Gasteiger partial charge in [-0.25, -0.2) is 8.42 Å². The average molecular weight is 425 g/mol. The summed E-state index contributed by atoms with van der Waals surface area (Å²) < 4.78 is 47.6. The van der Waals surface area contributed by atoms with Crippen molar-refractivity contribution >= 4 is 45.4 Å². The van der Waals surface area contributed by atoms with Crippen LogP contribution in [0.25, 0.3) is 10.9 Å². The molecule has 9 nitrogen and oxygen atoms in total. The first-order valence-electron chi connectivity index (χ1n) is 7.49. The van der Waals surface area contributed by atoms with Gasteiger partial charge in [-0.3, -0.25) is 14.2 Å². The van der Waals surface area contributed by atoms with Crippen LogP contribution in [0.2, 0.25) is 5.02 Å². The van der Waals surface area contributed by atoms with E-state index in [2.05, 4.69) is 9.82 Å². The van der Waals surface area contributed by atoms with Gasteiger partial charge in [-0.1, -0.05) is 16.5 Å². The maximum absolute atomic E-state index is 12.9. The third-order valence-corrected chi connectivity index (χ3v) is 7.10. The Morgan fingerprint density at radius 2 is 1.81 bits per heavy atom. The first kappa shape index (κ1) is 21.0. The van der Waals surface area contributed by atoms with E-state index in [1.807, 2.05) is 4.89 Å². The van der Waals surface area contributed by atoms with Crippen LogP contribution in [0, 0.1) is 0 Å². The van der Waals surface area contributed by atoms with E-state index in [9.17, 15) is 17.8 Å². The lowest BCUT2D eigenvalue weighted by molar-refractivity contribution is 0.153. The molecule has 0 saturated carbocycles. The minimum atomic E-state index is -4.04. The number of sulfonamides is 1. The number of aromatic nitrogens is 1. The second-order valence-electron chi connectivity index (χ2n) is 4.98. The Bertz CT molecular complexity index is 1010. The first-order chi connectivity index (χ1) is 12.2. The number of rotatable bonds is 8. The van der Waals surface area contributed by atoms with Crippen LogP contribution in [0.4, 0.5) is 0 Å². The van der Waals surface area contributed by atoms with E-state index >= 15 is 0 Å². The number of H-pyrrole nitrogens is 1. The number of nitrogens with one attached hydrogen (secondary N) is 2. The Morgan fingerprint density at radius 3 is 2.35 bits per heavy atom. The lowest BCUT2D eigenvalue weighted by atomic mass is 10.2. The molecule has 1 aromatic heterocycles. The maximum Gasteiger partial charge on any atom is 0.366 e. The fraction of sp³-hybridized carbons (Fsp3) is 0.357. The zero-order valence-corrected chi connectivity index (χ0v) is 16.7. The molecule has 0 unspecified atom stereocenters. The number of hydrogen-bond acceptors (Lipinski definition) is 7. The highest BCUT2D eigenvalue weighted by atomic mass is 35.5. The number of halogens is 1. The zero-order chi connectivity index (χ0) is 19.5. The van der Waals surface area contributed by atoms with Crippen LogP contribution in [0.5, 0.6) is 0 Å².